The monoisotopic (exact) mass is 198 g/mol. The van der Waals surface area contributed by atoms with Gasteiger partial charge in [0.1, 0.15) is 0 Å². The van der Waals surface area contributed by atoms with Gasteiger partial charge in [-0.1, -0.05) is 20.8 Å². The molecule has 0 atom stereocenters. The van der Waals surface area contributed by atoms with Crippen LogP contribution in [0.3, 0.4) is 0 Å². The van der Waals surface area contributed by atoms with Gasteiger partial charge in [-0.2, -0.15) is 0 Å². The van der Waals surface area contributed by atoms with Gasteiger partial charge in [-0.3, -0.25) is 0 Å². The minimum absolute atomic E-state index is 0.468. The molecule has 1 rings (SSSR count). The molecular formula is C12H26N2. The van der Waals surface area contributed by atoms with Crippen LogP contribution >= 0.6 is 0 Å². The van der Waals surface area contributed by atoms with E-state index in [0.717, 1.165) is 19.1 Å². The summed E-state index contributed by atoms with van der Waals surface area (Å²) in [4.78, 5) is 2.48. The van der Waals surface area contributed by atoms with Gasteiger partial charge in [-0.15, -0.1) is 0 Å². The Labute approximate surface area is 89.1 Å². The summed E-state index contributed by atoms with van der Waals surface area (Å²) in [6, 6.07) is 0.902. The first-order chi connectivity index (χ1) is 6.49. The van der Waals surface area contributed by atoms with Crippen LogP contribution in [0.5, 0.6) is 0 Å². The molecule has 0 aliphatic heterocycles. The predicted molar refractivity (Wildman–Crippen MR) is 62.6 cm³/mol. The van der Waals surface area contributed by atoms with Crippen LogP contribution in [0, 0.1) is 5.41 Å². The molecule has 0 bridgehead atoms. The molecular weight excluding hydrogens is 172 g/mol. The zero-order valence-corrected chi connectivity index (χ0v) is 10.3. The molecule has 1 aliphatic rings. The second-order valence-electron chi connectivity index (χ2n) is 5.77. The predicted octanol–water partition coefficient (Wildman–Crippen LogP) is 2.11. The average Bonchev–Trinajstić information content (AvgIpc) is 2.83. The first-order valence-electron chi connectivity index (χ1n) is 5.90. The number of likely N-dealkylation sites (N-methyl/N-ethyl adjacent to an activating group) is 1. The Morgan fingerprint density at radius 2 is 1.86 bits per heavy atom. The molecule has 0 aromatic carbocycles. The topological polar surface area (TPSA) is 15.3 Å². The fourth-order valence-corrected chi connectivity index (χ4v) is 1.54. The summed E-state index contributed by atoms with van der Waals surface area (Å²) in [7, 11) is 2.24. The van der Waals surface area contributed by atoms with E-state index < -0.39 is 0 Å². The van der Waals surface area contributed by atoms with Crippen molar-refractivity contribution < 1.29 is 0 Å². The second-order valence-corrected chi connectivity index (χ2v) is 5.77. The summed E-state index contributed by atoms with van der Waals surface area (Å²) in [5, 5.41) is 3.51. The van der Waals surface area contributed by atoms with Crippen LogP contribution in [-0.4, -0.2) is 37.6 Å². The van der Waals surface area contributed by atoms with E-state index >= 15 is 0 Å². The lowest BCUT2D eigenvalue weighted by molar-refractivity contribution is 0.312. The zero-order chi connectivity index (χ0) is 10.6. The maximum atomic E-state index is 3.51. The third kappa shape index (κ3) is 5.61. The van der Waals surface area contributed by atoms with Crippen molar-refractivity contribution in [2.75, 3.05) is 26.7 Å². The average molecular weight is 198 g/mol. The lowest BCUT2D eigenvalue weighted by atomic mass is 9.92. The number of rotatable bonds is 6. The van der Waals surface area contributed by atoms with Crippen LogP contribution in [0.25, 0.3) is 0 Å². The van der Waals surface area contributed by atoms with E-state index in [1.54, 1.807) is 0 Å². The molecule has 0 heterocycles. The molecule has 0 spiro atoms. The summed E-state index contributed by atoms with van der Waals surface area (Å²) in [5.74, 6) is 0. The van der Waals surface area contributed by atoms with Crippen LogP contribution in [0.4, 0.5) is 0 Å². The Bertz CT molecular complexity index is 156. The van der Waals surface area contributed by atoms with Gasteiger partial charge in [-0.05, 0) is 38.3 Å². The fourth-order valence-electron chi connectivity index (χ4n) is 1.54. The maximum absolute atomic E-state index is 3.51. The van der Waals surface area contributed by atoms with E-state index in [-0.39, 0.29) is 0 Å². The molecule has 1 N–H and O–H groups in total. The minimum atomic E-state index is 0.468. The summed E-state index contributed by atoms with van der Waals surface area (Å²) < 4.78 is 0. The van der Waals surface area contributed by atoms with Crippen molar-refractivity contribution in [3.63, 3.8) is 0 Å². The van der Waals surface area contributed by atoms with E-state index in [4.69, 9.17) is 0 Å². The van der Waals surface area contributed by atoms with Gasteiger partial charge in [0.05, 0.1) is 0 Å². The van der Waals surface area contributed by atoms with Crippen LogP contribution in [-0.2, 0) is 0 Å². The smallest absolute Gasteiger partial charge is 0.0107 e. The molecule has 1 saturated carbocycles. The molecule has 0 aromatic heterocycles. The number of hydrogen-bond donors (Lipinski definition) is 1. The van der Waals surface area contributed by atoms with E-state index in [1.807, 2.05) is 0 Å². The van der Waals surface area contributed by atoms with E-state index in [9.17, 15) is 0 Å². The fraction of sp³-hybridized carbons (Fsp3) is 1.00. The maximum Gasteiger partial charge on any atom is 0.0107 e. The third-order valence-electron chi connectivity index (χ3n) is 2.86. The van der Waals surface area contributed by atoms with Crippen LogP contribution in [0.1, 0.15) is 40.0 Å². The van der Waals surface area contributed by atoms with Crippen molar-refractivity contribution in [3.8, 4) is 0 Å². The highest BCUT2D eigenvalue weighted by Crippen LogP contribution is 2.24. The Morgan fingerprint density at radius 3 is 2.36 bits per heavy atom. The Hall–Kier alpha value is -0.0800. The summed E-state index contributed by atoms with van der Waals surface area (Å²) in [6.45, 7) is 10.4. The second kappa shape index (κ2) is 5.13. The molecule has 0 saturated heterocycles. The lowest BCUT2D eigenvalue weighted by Crippen LogP contribution is -2.32. The molecule has 14 heavy (non-hydrogen) atoms. The van der Waals surface area contributed by atoms with Gasteiger partial charge in [0.25, 0.3) is 0 Å². The van der Waals surface area contributed by atoms with Crippen molar-refractivity contribution in [1.82, 2.24) is 10.2 Å². The Kier molecular flexibility index (Phi) is 4.39. The number of nitrogens with one attached hydrogen (secondary N) is 1. The molecule has 0 unspecified atom stereocenters. The molecule has 2 heteroatoms. The summed E-state index contributed by atoms with van der Waals surface area (Å²) in [5.41, 5.74) is 0.468. The van der Waals surface area contributed by atoms with Gasteiger partial charge in [0, 0.05) is 19.1 Å². The first kappa shape index (κ1) is 12.0. The standard InChI is InChI=1S/C12H26N2/c1-12(2,3)7-8-13-9-10-14(4)11-5-6-11/h11,13H,5-10H2,1-4H3. The van der Waals surface area contributed by atoms with E-state index in [0.29, 0.717) is 5.41 Å². The van der Waals surface area contributed by atoms with E-state index in [1.165, 1.54) is 25.8 Å². The zero-order valence-electron chi connectivity index (χ0n) is 10.3. The number of nitrogens with zero attached hydrogens (tertiary/aromatic N) is 1. The van der Waals surface area contributed by atoms with E-state index in [2.05, 4.69) is 38.0 Å². The summed E-state index contributed by atoms with van der Waals surface area (Å²) in [6.07, 6.45) is 4.09. The third-order valence-corrected chi connectivity index (χ3v) is 2.86. The first-order valence-corrected chi connectivity index (χ1v) is 5.90. The quantitative estimate of drug-likeness (QED) is 0.658. The van der Waals surface area contributed by atoms with Crippen molar-refractivity contribution >= 4 is 0 Å². The van der Waals surface area contributed by atoms with Crippen molar-refractivity contribution in [1.29, 1.82) is 0 Å². The molecule has 2 nitrogen and oxygen atoms in total. The number of hydrogen-bond acceptors (Lipinski definition) is 2. The normalized spacial score (nSPS) is 17.8. The largest absolute Gasteiger partial charge is 0.315 e. The van der Waals surface area contributed by atoms with Crippen LogP contribution < -0.4 is 5.32 Å². The molecule has 0 radical (unpaired) electrons. The Morgan fingerprint density at radius 1 is 1.21 bits per heavy atom. The van der Waals surface area contributed by atoms with Crippen molar-refractivity contribution in [2.24, 2.45) is 5.41 Å². The van der Waals surface area contributed by atoms with Gasteiger partial charge in [-0.25, -0.2) is 0 Å². The highest BCUT2D eigenvalue weighted by atomic mass is 15.2. The van der Waals surface area contributed by atoms with Crippen LogP contribution in [0.2, 0.25) is 0 Å². The van der Waals surface area contributed by atoms with Crippen LogP contribution in [0.15, 0.2) is 0 Å². The van der Waals surface area contributed by atoms with Gasteiger partial charge in [0.2, 0.25) is 0 Å². The molecule has 1 aliphatic carbocycles. The molecule has 1 fully saturated rings. The van der Waals surface area contributed by atoms with Crippen molar-refractivity contribution in [3.05, 3.63) is 0 Å². The molecule has 0 aromatic rings. The lowest BCUT2D eigenvalue weighted by Gasteiger charge is -2.19. The Balaban J connectivity index is 1.88. The SMILES string of the molecule is CN(CCNCCC(C)(C)C)C1CC1. The van der Waals surface area contributed by atoms with Crippen molar-refractivity contribution in [2.45, 2.75) is 46.1 Å². The summed E-state index contributed by atoms with van der Waals surface area (Å²) >= 11 is 0. The molecule has 0 amide bonds. The molecule has 84 valence electrons. The highest BCUT2D eigenvalue weighted by molar-refractivity contribution is 4.82. The van der Waals surface area contributed by atoms with Gasteiger partial charge in [0.15, 0.2) is 0 Å². The highest BCUT2D eigenvalue weighted by Gasteiger charge is 2.25. The minimum Gasteiger partial charge on any atom is -0.315 e. The van der Waals surface area contributed by atoms with Gasteiger partial charge >= 0.3 is 0 Å². The van der Waals surface area contributed by atoms with Gasteiger partial charge < -0.3 is 10.2 Å².